The van der Waals surface area contributed by atoms with Gasteiger partial charge >= 0.3 is 5.97 Å². The van der Waals surface area contributed by atoms with Gasteiger partial charge in [-0.3, -0.25) is 4.68 Å². The summed E-state index contributed by atoms with van der Waals surface area (Å²) in [6.45, 7) is 7.81. The minimum atomic E-state index is -0.684. The molecular weight excluding hydrogens is 350 g/mol. The minimum Gasteiger partial charge on any atom is -0.857 e. The van der Waals surface area contributed by atoms with Crippen molar-refractivity contribution in [3.05, 3.63) is 17.5 Å². The largest absolute Gasteiger partial charge is 0.857 e. The molecule has 9 heteroatoms. The molecule has 146 valence electrons. The molecule has 2 aromatic heterocycles. The highest BCUT2D eigenvalue weighted by molar-refractivity contribution is 5.93. The average Bonchev–Trinajstić information content (AvgIpc) is 3.32. The van der Waals surface area contributed by atoms with Crippen molar-refractivity contribution in [3.8, 4) is 5.88 Å². The van der Waals surface area contributed by atoms with Crippen LogP contribution in [-0.2, 0) is 10.2 Å². The number of carbonyl (C=O) groups excluding carboxylic acids is 1. The third-order valence-electron chi connectivity index (χ3n) is 4.47. The number of hydrogen-bond donors (Lipinski definition) is 0. The van der Waals surface area contributed by atoms with Gasteiger partial charge in [-0.2, -0.15) is 5.10 Å². The summed E-state index contributed by atoms with van der Waals surface area (Å²) in [5, 5.41) is 28.8. The fourth-order valence-corrected chi connectivity index (χ4v) is 3.00. The van der Waals surface area contributed by atoms with E-state index in [-0.39, 0.29) is 35.3 Å². The van der Waals surface area contributed by atoms with Crippen LogP contribution in [0.15, 0.2) is 20.8 Å². The number of nitrogens with zero attached hydrogens (tertiary/aromatic N) is 5. The number of rotatable bonds is 5. The van der Waals surface area contributed by atoms with Gasteiger partial charge < -0.3 is 14.4 Å². The zero-order valence-electron chi connectivity index (χ0n) is 16.1. The van der Waals surface area contributed by atoms with Gasteiger partial charge in [-0.15, -0.1) is 10.2 Å². The number of carbonyl (C=O) groups is 1. The lowest BCUT2D eigenvalue weighted by Gasteiger charge is -2.16. The Bertz CT molecular complexity index is 841. The zero-order chi connectivity index (χ0) is 19.6. The second-order valence-electron chi connectivity index (χ2n) is 7.61. The van der Waals surface area contributed by atoms with Gasteiger partial charge in [0.15, 0.2) is 5.69 Å². The van der Waals surface area contributed by atoms with Crippen molar-refractivity contribution >= 4 is 17.5 Å². The first-order valence-corrected chi connectivity index (χ1v) is 9.16. The summed E-state index contributed by atoms with van der Waals surface area (Å²) < 4.78 is 11.6. The highest BCUT2D eigenvalue weighted by Crippen LogP contribution is 2.38. The molecule has 1 fully saturated rings. The Labute approximate surface area is 157 Å². The van der Waals surface area contributed by atoms with Crippen molar-refractivity contribution in [1.29, 1.82) is 0 Å². The van der Waals surface area contributed by atoms with Crippen LogP contribution < -0.4 is 5.11 Å². The third-order valence-corrected chi connectivity index (χ3v) is 4.47. The first-order chi connectivity index (χ1) is 12.8. The van der Waals surface area contributed by atoms with Gasteiger partial charge in [0, 0.05) is 17.4 Å². The van der Waals surface area contributed by atoms with Gasteiger partial charge in [0.25, 0.3) is 0 Å². The minimum absolute atomic E-state index is 0.0193. The lowest BCUT2D eigenvalue weighted by Crippen LogP contribution is -2.12. The quantitative estimate of drug-likeness (QED) is 0.577. The number of hydrogen-bond acceptors (Lipinski definition) is 8. The molecule has 0 spiro atoms. The fourth-order valence-electron chi connectivity index (χ4n) is 3.00. The molecule has 1 aliphatic rings. The van der Waals surface area contributed by atoms with E-state index in [2.05, 4.69) is 20.5 Å². The van der Waals surface area contributed by atoms with Crippen LogP contribution in [-0.4, -0.2) is 27.5 Å². The van der Waals surface area contributed by atoms with E-state index in [1.807, 2.05) is 20.8 Å². The van der Waals surface area contributed by atoms with Crippen molar-refractivity contribution in [3.63, 3.8) is 0 Å². The van der Waals surface area contributed by atoms with Gasteiger partial charge in [-0.05, 0) is 19.8 Å². The van der Waals surface area contributed by atoms with E-state index in [0.717, 1.165) is 25.7 Å². The predicted molar refractivity (Wildman–Crippen MR) is 94.5 cm³/mol. The van der Waals surface area contributed by atoms with Gasteiger partial charge in [-0.1, -0.05) is 38.8 Å². The molecule has 0 unspecified atom stereocenters. The van der Waals surface area contributed by atoms with Crippen LogP contribution in [0.3, 0.4) is 0 Å². The van der Waals surface area contributed by atoms with E-state index >= 15 is 0 Å². The Morgan fingerprint density at radius 2 is 2.07 bits per heavy atom. The van der Waals surface area contributed by atoms with Crippen LogP contribution in [0.1, 0.15) is 75.7 Å². The van der Waals surface area contributed by atoms with Gasteiger partial charge in [0.1, 0.15) is 11.4 Å². The maximum Gasteiger partial charge on any atom is 0.361 e. The van der Waals surface area contributed by atoms with Crippen LogP contribution in [0.25, 0.3) is 0 Å². The topological polar surface area (TPSA) is 118 Å². The third kappa shape index (κ3) is 4.01. The molecule has 1 saturated carbocycles. The summed E-state index contributed by atoms with van der Waals surface area (Å²) in [5.41, 5.74) is -0.467. The van der Waals surface area contributed by atoms with E-state index < -0.39 is 11.8 Å². The molecule has 2 aromatic rings. The van der Waals surface area contributed by atoms with E-state index in [1.165, 1.54) is 4.68 Å². The lowest BCUT2D eigenvalue weighted by atomic mass is 9.93. The predicted octanol–water partition coefficient (Wildman–Crippen LogP) is 3.95. The standard InChI is InChI=1S/C18H25N5O4/c1-5-26-17(25)15-14(16(24)23(21-15)11-8-6-7-9-11)20-19-13-10-12(27-22-13)18(2,3)4/h10-11,24H,5-9H2,1-4H3/p-1. The first kappa shape index (κ1) is 19.1. The molecule has 2 heterocycles. The zero-order valence-corrected chi connectivity index (χ0v) is 16.1. The molecule has 0 radical (unpaired) electrons. The summed E-state index contributed by atoms with van der Waals surface area (Å²) in [7, 11) is 0. The Kier molecular flexibility index (Phi) is 5.29. The van der Waals surface area contributed by atoms with Crippen molar-refractivity contribution in [2.75, 3.05) is 6.61 Å². The molecular formula is C18H24N5O4-. The van der Waals surface area contributed by atoms with Crippen LogP contribution in [0.4, 0.5) is 11.5 Å². The molecule has 0 N–H and O–H groups in total. The Hall–Kier alpha value is -2.71. The van der Waals surface area contributed by atoms with Gasteiger partial charge in [-0.25, -0.2) is 4.79 Å². The van der Waals surface area contributed by atoms with E-state index in [4.69, 9.17) is 9.26 Å². The Morgan fingerprint density at radius 3 is 2.67 bits per heavy atom. The molecule has 9 nitrogen and oxygen atoms in total. The molecule has 1 aliphatic carbocycles. The van der Waals surface area contributed by atoms with Crippen molar-refractivity contribution < 1.29 is 19.2 Å². The van der Waals surface area contributed by atoms with E-state index in [0.29, 0.717) is 5.76 Å². The van der Waals surface area contributed by atoms with E-state index in [9.17, 15) is 9.90 Å². The molecule has 0 saturated heterocycles. The Morgan fingerprint density at radius 1 is 1.37 bits per heavy atom. The van der Waals surface area contributed by atoms with Crippen LogP contribution >= 0.6 is 0 Å². The van der Waals surface area contributed by atoms with Gasteiger partial charge in [0.05, 0.1) is 12.6 Å². The highest BCUT2D eigenvalue weighted by atomic mass is 16.5. The second-order valence-corrected chi connectivity index (χ2v) is 7.61. The summed E-state index contributed by atoms with van der Waals surface area (Å²) in [6, 6.07) is 1.63. The lowest BCUT2D eigenvalue weighted by molar-refractivity contribution is -0.279. The second kappa shape index (κ2) is 7.50. The average molecular weight is 374 g/mol. The van der Waals surface area contributed by atoms with Crippen LogP contribution in [0.2, 0.25) is 0 Å². The smallest absolute Gasteiger partial charge is 0.361 e. The Balaban J connectivity index is 1.94. The molecule has 0 amide bonds. The maximum atomic E-state index is 12.8. The first-order valence-electron chi connectivity index (χ1n) is 9.16. The molecule has 27 heavy (non-hydrogen) atoms. The summed E-state index contributed by atoms with van der Waals surface area (Å²) in [4.78, 5) is 12.2. The summed E-state index contributed by atoms with van der Waals surface area (Å²) >= 11 is 0. The molecule has 3 rings (SSSR count). The summed E-state index contributed by atoms with van der Waals surface area (Å²) in [5.74, 6) is -0.252. The van der Waals surface area contributed by atoms with Crippen molar-refractivity contribution in [2.45, 2.75) is 64.8 Å². The molecule has 0 aliphatic heterocycles. The number of aromatic nitrogens is 3. The van der Waals surface area contributed by atoms with Crippen LogP contribution in [0, 0.1) is 0 Å². The fraction of sp³-hybridized carbons (Fsp3) is 0.611. The SMILES string of the molecule is CCOC(=O)c1nn(C2CCCC2)c([O-])c1N=Nc1cc(C(C)(C)C)on1. The maximum absolute atomic E-state index is 12.8. The highest BCUT2D eigenvalue weighted by Gasteiger charge is 2.26. The number of ether oxygens (including phenoxy) is 1. The van der Waals surface area contributed by atoms with Gasteiger partial charge in [0.2, 0.25) is 5.82 Å². The molecule has 0 aromatic carbocycles. The van der Waals surface area contributed by atoms with E-state index in [1.54, 1.807) is 13.0 Å². The molecule has 0 atom stereocenters. The van der Waals surface area contributed by atoms with Crippen molar-refractivity contribution in [2.24, 2.45) is 10.2 Å². The van der Waals surface area contributed by atoms with Crippen molar-refractivity contribution in [1.82, 2.24) is 14.9 Å². The number of azo groups is 1. The van der Waals surface area contributed by atoms with Crippen LogP contribution in [0.5, 0.6) is 5.88 Å². The number of esters is 1. The molecule has 0 bridgehead atoms. The summed E-state index contributed by atoms with van der Waals surface area (Å²) in [6.07, 6.45) is 3.77. The monoisotopic (exact) mass is 374 g/mol. The normalized spacial score (nSPS) is 15.7.